The maximum Gasteiger partial charge on any atom is 0.129 e. The zero-order valence-corrected chi connectivity index (χ0v) is 10.1. The van der Waals surface area contributed by atoms with Gasteiger partial charge in [0, 0.05) is 11.8 Å². The van der Waals surface area contributed by atoms with E-state index in [4.69, 9.17) is 0 Å². The molecule has 2 heterocycles. The zero-order valence-electron chi connectivity index (χ0n) is 8.47. The molecule has 0 radical (unpaired) electrons. The Morgan fingerprint density at radius 3 is 2.56 bits per heavy atom. The smallest absolute Gasteiger partial charge is 0.129 e. The highest BCUT2D eigenvalue weighted by atomic mass is 79.9. The van der Waals surface area contributed by atoms with Crippen molar-refractivity contribution in [2.45, 2.75) is 0 Å². The third kappa shape index (κ3) is 1.63. The molecule has 1 aromatic carbocycles. The minimum Gasteiger partial charge on any atom is -0.239 e. The molecule has 78 valence electrons. The van der Waals surface area contributed by atoms with Crippen LogP contribution in [-0.2, 0) is 0 Å². The fraction of sp³-hybridized carbons (Fsp3) is 0. The van der Waals surface area contributed by atoms with Gasteiger partial charge in [0.15, 0.2) is 0 Å². The number of aromatic nitrogens is 2. The Labute approximate surface area is 102 Å². The molecule has 0 saturated carbocycles. The summed E-state index contributed by atoms with van der Waals surface area (Å²) in [5.41, 5.74) is 3.46. The van der Waals surface area contributed by atoms with Gasteiger partial charge >= 0.3 is 0 Å². The zero-order chi connectivity index (χ0) is 11.0. The van der Waals surface area contributed by atoms with E-state index in [-0.39, 0.29) is 0 Å². The SMILES string of the molecule is Brc1cc2ccc(-c3ccccc3)cn2n1. The lowest BCUT2D eigenvalue weighted by atomic mass is 10.1. The second-order valence-corrected chi connectivity index (χ2v) is 4.43. The molecule has 2 aromatic heterocycles. The van der Waals surface area contributed by atoms with Crippen LogP contribution >= 0.6 is 15.9 Å². The topological polar surface area (TPSA) is 17.3 Å². The van der Waals surface area contributed by atoms with Crippen LogP contribution in [0, 0.1) is 0 Å². The van der Waals surface area contributed by atoms with Crippen molar-refractivity contribution < 1.29 is 0 Å². The molecule has 0 unspecified atom stereocenters. The summed E-state index contributed by atoms with van der Waals surface area (Å²) in [6.07, 6.45) is 2.04. The molecule has 0 spiro atoms. The summed E-state index contributed by atoms with van der Waals surface area (Å²) in [4.78, 5) is 0. The van der Waals surface area contributed by atoms with E-state index in [0.717, 1.165) is 10.1 Å². The molecule has 0 atom stereocenters. The molecule has 0 bridgehead atoms. The minimum atomic E-state index is 0.859. The molecule has 0 N–H and O–H groups in total. The normalized spacial score (nSPS) is 10.8. The van der Waals surface area contributed by atoms with Crippen molar-refractivity contribution in [3.8, 4) is 11.1 Å². The predicted octanol–water partition coefficient (Wildman–Crippen LogP) is 3.76. The molecule has 0 saturated heterocycles. The fourth-order valence-corrected chi connectivity index (χ4v) is 2.16. The monoisotopic (exact) mass is 272 g/mol. The first kappa shape index (κ1) is 9.60. The summed E-state index contributed by atoms with van der Waals surface area (Å²) >= 11 is 3.37. The van der Waals surface area contributed by atoms with E-state index in [2.05, 4.69) is 45.3 Å². The van der Waals surface area contributed by atoms with Crippen LogP contribution in [0.1, 0.15) is 0 Å². The van der Waals surface area contributed by atoms with E-state index in [9.17, 15) is 0 Å². The molecule has 16 heavy (non-hydrogen) atoms. The highest BCUT2D eigenvalue weighted by molar-refractivity contribution is 9.10. The van der Waals surface area contributed by atoms with Crippen molar-refractivity contribution in [2.24, 2.45) is 0 Å². The summed E-state index contributed by atoms with van der Waals surface area (Å²) in [5, 5.41) is 4.33. The van der Waals surface area contributed by atoms with Gasteiger partial charge in [-0.2, -0.15) is 5.10 Å². The number of pyridine rings is 1. The number of rotatable bonds is 1. The van der Waals surface area contributed by atoms with E-state index >= 15 is 0 Å². The minimum absolute atomic E-state index is 0.859. The molecular weight excluding hydrogens is 264 g/mol. The Morgan fingerprint density at radius 1 is 0.938 bits per heavy atom. The van der Waals surface area contributed by atoms with Gasteiger partial charge < -0.3 is 0 Å². The van der Waals surface area contributed by atoms with E-state index < -0.39 is 0 Å². The number of nitrogens with zero attached hydrogens (tertiary/aromatic N) is 2. The molecule has 0 amide bonds. The van der Waals surface area contributed by atoms with E-state index in [1.807, 2.05) is 35.0 Å². The van der Waals surface area contributed by atoms with Crippen LogP contribution in [0.25, 0.3) is 16.6 Å². The van der Waals surface area contributed by atoms with E-state index in [0.29, 0.717) is 0 Å². The van der Waals surface area contributed by atoms with Crippen LogP contribution in [-0.4, -0.2) is 9.61 Å². The van der Waals surface area contributed by atoms with Crippen LogP contribution in [0.5, 0.6) is 0 Å². The van der Waals surface area contributed by atoms with Crippen LogP contribution in [0.3, 0.4) is 0 Å². The quantitative estimate of drug-likeness (QED) is 0.659. The van der Waals surface area contributed by atoms with Crippen LogP contribution in [0.4, 0.5) is 0 Å². The standard InChI is InChI=1S/C13H9BrN2/c14-13-8-12-7-6-11(9-16(12)15-13)10-4-2-1-3-5-10/h1-9H. The van der Waals surface area contributed by atoms with Crippen molar-refractivity contribution in [3.05, 3.63) is 59.3 Å². The van der Waals surface area contributed by atoms with Gasteiger partial charge in [0.1, 0.15) is 4.60 Å². The molecule has 3 rings (SSSR count). The maximum atomic E-state index is 4.33. The largest absolute Gasteiger partial charge is 0.239 e. The van der Waals surface area contributed by atoms with Crippen LogP contribution < -0.4 is 0 Å². The van der Waals surface area contributed by atoms with Crippen molar-refractivity contribution in [1.29, 1.82) is 0 Å². The Balaban J connectivity index is 2.18. The summed E-state index contributed by atoms with van der Waals surface area (Å²) in [5.74, 6) is 0. The number of hydrogen-bond acceptors (Lipinski definition) is 1. The number of fused-ring (bicyclic) bond motifs is 1. The van der Waals surface area contributed by atoms with Crippen LogP contribution in [0.2, 0.25) is 0 Å². The third-order valence-corrected chi connectivity index (χ3v) is 2.92. The van der Waals surface area contributed by atoms with Gasteiger partial charge in [-0.25, -0.2) is 4.52 Å². The molecule has 3 heteroatoms. The highest BCUT2D eigenvalue weighted by Gasteiger charge is 2.01. The second kappa shape index (κ2) is 3.76. The first-order chi connectivity index (χ1) is 7.83. The highest BCUT2D eigenvalue weighted by Crippen LogP contribution is 2.20. The lowest BCUT2D eigenvalue weighted by Gasteiger charge is -2.01. The van der Waals surface area contributed by atoms with Gasteiger partial charge in [0.05, 0.1) is 5.52 Å². The Morgan fingerprint density at radius 2 is 1.75 bits per heavy atom. The molecule has 0 fully saturated rings. The second-order valence-electron chi connectivity index (χ2n) is 3.62. The average Bonchev–Trinajstić information content (AvgIpc) is 2.69. The van der Waals surface area contributed by atoms with Gasteiger partial charge in [0.2, 0.25) is 0 Å². The molecule has 0 aliphatic rings. The van der Waals surface area contributed by atoms with Gasteiger partial charge in [-0.05, 0) is 33.6 Å². The lowest BCUT2D eigenvalue weighted by molar-refractivity contribution is 0.948. The Hall–Kier alpha value is -1.61. The fourth-order valence-electron chi connectivity index (χ4n) is 1.76. The van der Waals surface area contributed by atoms with Gasteiger partial charge in [-0.1, -0.05) is 36.4 Å². The molecule has 0 aliphatic carbocycles. The number of hydrogen-bond donors (Lipinski definition) is 0. The summed E-state index contributed by atoms with van der Waals surface area (Å²) in [6.45, 7) is 0. The average molecular weight is 273 g/mol. The maximum absolute atomic E-state index is 4.33. The van der Waals surface area contributed by atoms with Crippen molar-refractivity contribution in [1.82, 2.24) is 9.61 Å². The molecular formula is C13H9BrN2. The number of halogens is 1. The van der Waals surface area contributed by atoms with Crippen LogP contribution in [0.15, 0.2) is 59.3 Å². The summed E-state index contributed by atoms with van der Waals surface area (Å²) in [6, 6.07) is 16.5. The first-order valence-corrected chi connectivity index (χ1v) is 5.82. The Kier molecular flexibility index (Phi) is 2.26. The summed E-state index contributed by atoms with van der Waals surface area (Å²) in [7, 11) is 0. The lowest BCUT2D eigenvalue weighted by Crippen LogP contribution is -1.87. The van der Waals surface area contributed by atoms with Gasteiger partial charge in [-0.15, -0.1) is 0 Å². The van der Waals surface area contributed by atoms with E-state index in [1.54, 1.807) is 0 Å². The van der Waals surface area contributed by atoms with Gasteiger partial charge in [0.25, 0.3) is 0 Å². The predicted molar refractivity (Wildman–Crippen MR) is 68.3 cm³/mol. The number of benzene rings is 1. The summed E-state index contributed by atoms with van der Waals surface area (Å²) < 4.78 is 2.74. The van der Waals surface area contributed by atoms with Crippen molar-refractivity contribution in [3.63, 3.8) is 0 Å². The van der Waals surface area contributed by atoms with Crippen molar-refractivity contribution in [2.75, 3.05) is 0 Å². The third-order valence-electron chi connectivity index (χ3n) is 2.54. The van der Waals surface area contributed by atoms with E-state index in [1.165, 1.54) is 11.1 Å². The van der Waals surface area contributed by atoms with Crippen molar-refractivity contribution >= 4 is 21.4 Å². The Bertz CT molecular complexity index is 629. The first-order valence-electron chi connectivity index (χ1n) is 5.03. The van der Waals surface area contributed by atoms with Gasteiger partial charge in [-0.3, -0.25) is 0 Å². The molecule has 2 nitrogen and oxygen atoms in total. The molecule has 3 aromatic rings. The molecule has 0 aliphatic heterocycles.